The third-order valence-electron chi connectivity index (χ3n) is 3.88. The summed E-state index contributed by atoms with van der Waals surface area (Å²) < 4.78 is 0. The van der Waals surface area contributed by atoms with Crippen LogP contribution < -0.4 is 10.6 Å². The number of nitrogens with zero attached hydrogens (tertiary/aromatic N) is 2. The van der Waals surface area contributed by atoms with E-state index in [-0.39, 0.29) is 0 Å². The molecular formula is C15H25N3. The molecular weight excluding hydrogens is 222 g/mol. The SMILES string of the molecule is CN(c1ccccc1)C(CCN)CN1CCCC1. The molecule has 1 atom stereocenters. The van der Waals surface area contributed by atoms with Crippen LogP contribution in [0.1, 0.15) is 19.3 Å². The van der Waals surface area contributed by atoms with Crippen molar-refractivity contribution in [2.24, 2.45) is 5.73 Å². The Morgan fingerprint density at radius 3 is 2.50 bits per heavy atom. The molecule has 1 saturated heterocycles. The molecule has 18 heavy (non-hydrogen) atoms. The van der Waals surface area contributed by atoms with Gasteiger partial charge in [0.1, 0.15) is 0 Å². The number of anilines is 1. The highest BCUT2D eigenvalue weighted by molar-refractivity contribution is 5.46. The van der Waals surface area contributed by atoms with Crippen LogP contribution in [0.25, 0.3) is 0 Å². The van der Waals surface area contributed by atoms with E-state index in [1.165, 1.54) is 31.6 Å². The molecule has 1 heterocycles. The van der Waals surface area contributed by atoms with E-state index in [1.807, 2.05) is 0 Å². The Bertz CT molecular complexity index is 333. The van der Waals surface area contributed by atoms with E-state index >= 15 is 0 Å². The van der Waals surface area contributed by atoms with Gasteiger partial charge >= 0.3 is 0 Å². The van der Waals surface area contributed by atoms with E-state index in [0.29, 0.717) is 6.04 Å². The first-order chi connectivity index (χ1) is 8.81. The topological polar surface area (TPSA) is 32.5 Å². The Kier molecular flexibility index (Phi) is 5.02. The summed E-state index contributed by atoms with van der Waals surface area (Å²) in [5, 5.41) is 0. The minimum absolute atomic E-state index is 0.524. The second-order valence-electron chi connectivity index (χ2n) is 5.19. The maximum absolute atomic E-state index is 5.77. The van der Waals surface area contributed by atoms with E-state index in [9.17, 15) is 0 Å². The van der Waals surface area contributed by atoms with Crippen molar-refractivity contribution in [1.82, 2.24) is 4.90 Å². The van der Waals surface area contributed by atoms with E-state index in [4.69, 9.17) is 5.73 Å². The zero-order valence-corrected chi connectivity index (χ0v) is 11.4. The van der Waals surface area contributed by atoms with Crippen molar-refractivity contribution in [3.05, 3.63) is 30.3 Å². The standard InChI is InChI=1S/C15H25N3/c1-17(14-7-3-2-4-8-14)15(9-10-16)13-18-11-5-6-12-18/h2-4,7-8,15H,5-6,9-13,16H2,1H3. The van der Waals surface area contributed by atoms with Crippen LogP contribution in [0.4, 0.5) is 5.69 Å². The number of hydrogen-bond donors (Lipinski definition) is 1. The van der Waals surface area contributed by atoms with Crippen molar-refractivity contribution in [2.75, 3.05) is 38.1 Å². The van der Waals surface area contributed by atoms with E-state index in [0.717, 1.165) is 19.5 Å². The zero-order valence-electron chi connectivity index (χ0n) is 11.4. The molecule has 1 fully saturated rings. The fourth-order valence-corrected chi connectivity index (χ4v) is 2.74. The first-order valence-electron chi connectivity index (χ1n) is 7.01. The lowest BCUT2D eigenvalue weighted by atomic mass is 10.1. The summed E-state index contributed by atoms with van der Waals surface area (Å²) in [5.74, 6) is 0. The van der Waals surface area contributed by atoms with Gasteiger partial charge in [-0.05, 0) is 51.0 Å². The normalized spacial score (nSPS) is 17.9. The summed E-state index contributed by atoms with van der Waals surface area (Å²) in [7, 11) is 2.19. The first-order valence-corrected chi connectivity index (χ1v) is 7.01. The lowest BCUT2D eigenvalue weighted by Gasteiger charge is -2.33. The largest absolute Gasteiger partial charge is 0.370 e. The molecule has 3 nitrogen and oxygen atoms in total. The third kappa shape index (κ3) is 3.47. The van der Waals surface area contributed by atoms with E-state index < -0.39 is 0 Å². The Balaban J connectivity index is 1.99. The van der Waals surface area contributed by atoms with Crippen molar-refractivity contribution >= 4 is 5.69 Å². The molecule has 1 aromatic carbocycles. The number of nitrogens with two attached hydrogens (primary N) is 1. The van der Waals surface area contributed by atoms with Crippen LogP contribution in [0.15, 0.2) is 30.3 Å². The minimum atomic E-state index is 0.524. The molecule has 100 valence electrons. The summed E-state index contributed by atoms with van der Waals surface area (Å²) in [6, 6.07) is 11.1. The van der Waals surface area contributed by atoms with Crippen molar-refractivity contribution in [2.45, 2.75) is 25.3 Å². The summed E-state index contributed by atoms with van der Waals surface area (Å²) in [5.41, 5.74) is 7.06. The summed E-state index contributed by atoms with van der Waals surface area (Å²) >= 11 is 0. The number of rotatable bonds is 6. The molecule has 0 amide bonds. The van der Waals surface area contributed by atoms with Gasteiger partial charge in [0.25, 0.3) is 0 Å². The third-order valence-corrected chi connectivity index (χ3v) is 3.88. The highest BCUT2D eigenvalue weighted by Gasteiger charge is 2.20. The molecule has 0 aromatic heterocycles. The summed E-state index contributed by atoms with van der Waals surface area (Å²) in [6.07, 6.45) is 3.76. The first kappa shape index (κ1) is 13.4. The molecule has 0 radical (unpaired) electrons. The van der Waals surface area contributed by atoms with Crippen LogP contribution in [0.5, 0.6) is 0 Å². The van der Waals surface area contributed by atoms with E-state index in [1.54, 1.807) is 0 Å². The zero-order chi connectivity index (χ0) is 12.8. The fourth-order valence-electron chi connectivity index (χ4n) is 2.74. The second kappa shape index (κ2) is 6.76. The van der Waals surface area contributed by atoms with Gasteiger partial charge in [-0.25, -0.2) is 0 Å². The monoisotopic (exact) mass is 247 g/mol. The van der Waals surface area contributed by atoms with Gasteiger partial charge in [0, 0.05) is 25.3 Å². The summed E-state index contributed by atoms with van der Waals surface area (Å²) in [4.78, 5) is 4.95. The average molecular weight is 247 g/mol. The van der Waals surface area contributed by atoms with Crippen molar-refractivity contribution in [3.8, 4) is 0 Å². The van der Waals surface area contributed by atoms with E-state index in [2.05, 4.69) is 47.2 Å². The van der Waals surface area contributed by atoms with Crippen LogP contribution in [0.2, 0.25) is 0 Å². The van der Waals surface area contributed by atoms with Crippen LogP contribution in [-0.4, -0.2) is 44.2 Å². The molecule has 1 unspecified atom stereocenters. The molecule has 2 rings (SSSR count). The number of likely N-dealkylation sites (N-methyl/N-ethyl adjacent to an activating group) is 1. The molecule has 0 aliphatic carbocycles. The van der Waals surface area contributed by atoms with Gasteiger partial charge in [-0.15, -0.1) is 0 Å². The maximum atomic E-state index is 5.77. The van der Waals surface area contributed by atoms with Crippen LogP contribution >= 0.6 is 0 Å². The quantitative estimate of drug-likeness (QED) is 0.834. The Morgan fingerprint density at radius 1 is 1.22 bits per heavy atom. The molecule has 1 aliphatic rings. The predicted octanol–water partition coefficient (Wildman–Crippen LogP) is 1.94. The van der Waals surface area contributed by atoms with Gasteiger partial charge in [0.2, 0.25) is 0 Å². The predicted molar refractivity (Wildman–Crippen MR) is 78.0 cm³/mol. The van der Waals surface area contributed by atoms with Crippen molar-refractivity contribution in [1.29, 1.82) is 0 Å². The van der Waals surface area contributed by atoms with Gasteiger partial charge < -0.3 is 15.5 Å². The van der Waals surface area contributed by atoms with Crippen molar-refractivity contribution in [3.63, 3.8) is 0 Å². The van der Waals surface area contributed by atoms with Crippen LogP contribution in [0, 0.1) is 0 Å². The second-order valence-corrected chi connectivity index (χ2v) is 5.19. The molecule has 0 bridgehead atoms. The lowest BCUT2D eigenvalue weighted by Crippen LogP contribution is -2.42. The van der Waals surface area contributed by atoms with Gasteiger partial charge in [-0.3, -0.25) is 0 Å². The Labute approximate surface area is 111 Å². The Hall–Kier alpha value is -1.06. The van der Waals surface area contributed by atoms with Crippen LogP contribution in [-0.2, 0) is 0 Å². The molecule has 0 spiro atoms. The lowest BCUT2D eigenvalue weighted by molar-refractivity contribution is 0.305. The Morgan fingerprint density at radius 2 is 1.89 bits per heavy atom. The van der Waals surface area contributed by atoms with Gasteiger partial charge in [-0.1, -0.05) is 18.2 Å². The maximum Gasteiger partial charge on any atom is 0.0425 e. The highest BCUT2D eigenvalue weighted by atomic mass is 15.2. The van der Waals surface area contributed by atoms with Gasteiger partial charge in [0.15, 0.2) is 0 Å². The number of benzene rings is 1. The average Bonchev–Trinajstić information content (AvgIpc) is 2.91. The molecule has 1 aromatic rings. The van der Waals surface area contributed by atoms with Gasteiger partial charge in [0.05, 0.1) is 0 Å². The van der Waals surface area contributed by atoms with Crippen molar-refractivity contribution < 1.29 is 0 Å². The molecule has 2 N–H and O–H groups in total. The van der Waals surface area contributed by atoms with Gasteiger partial charge in [-0.2, -0.15) is 0 Å². The highest BCUT2D eigenvalue weighted by Crippen LogP contribution is 2.18. The molecule has 0 saturated carbocycles. The molecule has 1 aliphatic heterocycles. The number of likely N-dealkylation sites (tertiary alicyclic amines) is 1. The fraction of sp³-hybridized carbons (Fsp3) is 0.600. The summed E-state index contributed by atoms with van der Waals surface area (Å²) in [6.45, 7) is 4.41. The number of hydrogen-bond acceptors (Lipinski definition) is 3. The minimum Gasteiger partial charge on any atom is -0.370 e. The number of para-hydroxylation sites is 1. The van der Waals surface area contributed by atoms with Crippen LogP contribution in [0.3, 0.4) is 0 Å². The smallest absolute Gasteiger partial charge is 0.0425 e. The molecule has 3 heteroatoms.